The molecule has 8 heteroatoms. The molecule has 140 valence electrons. The Hall–Kier alpha value is -2.93. The molecule has 2 heterocycles. The lowest BCUT2D eigenvalue weighted by Crippen LogP contribution is -2.48. The minimum absolute atomic E-state index is 0.207. The summed E-state index contributed by atoms with van der Waals surface area (Å²) in [6, 6.07) is 6.76. The van der Waals surface area contributed by atoms with Gasteiger partial charge in [0, 0.05) is 49.3 Å². The second-order valence-electron chi connectivity index (χ2n) is 6.31. The first-order valence-corrected chi connectivity index (χ1v) is 8.87. The summed E-state index contributed by atoms with van der Waals surface area (Å²) in [6.45, 7) is 3.78. The number of hydrogen-bond acceptors (Lipinski definition) is 4. The van der Waals surface area contributed by atoms with Gasteiger partial charge in [0.2, 0.25) is 6.41 Å². The number of aryl methyl sites for hydroxylation is 1. The molecule has 0 atom stereocenters. The molecule has 1 aliphatic rings. The van der Waals surface area contributed by atoms with Crippen LogP contribution >= 0.6 is 11.6 Å². The van der Waals surface area contributed by atoms with Gasteiger partial charge < -0.3 is 15.1 Å². The van der Waals surface area contributed by atoms with Gasteiger partial charge in [-0.15, -0.1) is 0 Å². The van der Waals surface area contributed by atoms with Gasteiger partial charge in [-0.2, -0.15) is 0 Å². The van der Waals surface area contributed by atoms with E-state index in [2.05, 4.69) is 10.3 Å². The molecule has 3 rings (SSSR count). The average Bonchev–Trinajstić information content (AvgIpc) is 2.70. The van der Waals surface area contributed by atoms with Gasteiger partial charge in [-0.25, -0.2) is 0 Å². The van der Waals surface area contributed by atoms with Crippen LogP contribution in [-0.2, 0) is 4.79 Å². The number of benzene rings is 1. The number of carbonyl (C=O) groups excluding carboxylic acids is 3. The maximum Gasteiger partial charge on any atom is 0.257 e. The van der Waals surface area contributed by atoms with Crippen LogP contribution in [-0.4, -0.2) is 59.2 Å². The van der Waals surface area contributed by atoms with Crippen molar-refractivity contribution in [1.82, 2.24) is 14.8 Å². The second-order valence-corrected chi connectivity index (χ2v) is 6.72. The zero-order valence-electron chi connectivity index (χ0n) is 14.8. The first kappa shape index (κ1) is 18.8. The van der Waals surface area contributed by atoms with Crippen molar-refractivity contribution in [2.45, 2.75) is 6.92 Å². The lowest BCUT2D eigenvalue weighted by Gasteiger charge is -2.32. The number of pyridine rings is 1. The van der Waals surface area contributed by atoms with Crippen molar-refractivity contribution in [2.24, 2.45) is 0 Å². The summed E-state index contributed by atoms with van der Waals surface area (Å²) in [5, 5.41) is 3.31. The number of halogens is 1. The van der Waals surface area contributed by atoms with Crippen LogP contribution in [0.2, 0.25) is 5.02 Å². The number of aromatic nitrogens is 1. The number of hydrogen-bond donors (Lipinski definition) is 1. The molecule has 0 bridgehead atoms. The van der Waals surface area contributed by atoms with Gasteiger partial charge in [-0.05, 0) is 30.7 Å². The SMILES string of the molecule is Cc1ccc(NC(=O)c2cncc(C(=O)N3CCN(C=O)CC3)c2)cc1Cl. The van der Waals surface area contributed by atoms with Gasteiger partial charge >= 0.3 is 0 Å². The molecule has 3 amide bonds. The molecule has 2 aromatic rings. The summed E-state index contributed by atoms with van der Waals surface area (Å²) in [7, 11) is 0. The molecule has 1 saturated heterocycles. The Bertz CT molecular complexity index is 879. The lowest BCUT2D eigenvalue weighted by atomic mass is 10.1. The van der Waals surface area contributed by atoms with Crippen LogP contribution in [0.5, 0.6) is 0 Å². The quantitative estimate of drug-likeness (QED) is 0.817. The first-order valence-electron chi connectivity index (χ1n) is 8.49. The van der Waals surface area contributed by atoms with E-state index in [1.165, 1.54) is 18.5 Å². The lowest BCUT2D eigenvalue weighted by molar-refractivity contribution is -0.119. The fourth-order valence-corrected chi connectivity index (χ4v) is 2.95. The summed E-state index contributed by atoms with van der Waals surface area (Å²) in [6.07, 6.45) is 3.63. The Balaban J connectivity index is 1.71. The van der Waals surface area contributed by atoms with E-state index in [1.54, 1.807) is 21.9 Å². The summed E-state index contributed by atoms with van der Waals surface area (Å²) in [5.74, 6) is -0.580. The van der Waals surface area contributed by atoms with Gasteiger partial charge in [0.15, 0.2) is 0 Å². The number of carbonyl (C=O) groups is 3. The van der Waals surface area contributed by atoms with E-state index in [1.807, 2.05) is 13.0 Å². The third-order valence-corrected chi connectivity index (χ3v) is 4.83. The summed E-state index contributed by atoms with van der Waals surface area (Å²) in [4.78, 5) is 43.2. The maximum absolute atomic E-state index is 12.6. The minimum Gasteiger partial charge on any atom is -0.342 e. The monoisotopic (exact) mass is 386 g/mol. The Morgan fingerprint density at radius 3 is 2.48 bits per heavy atom. The standard InChI is InChI=1S/C19H19ClN4O3/c1-13-2-3-16(9-17(13)20)22-18(26)14-8-15(11-21-10-14)19(27)24-6-4-23(12-25)5-7-24/h2-3,8-12H,4-7H2,1H3,(H,22,26). The van der Waals surface area contributed by atoms with E-state index >= 15 is 0 Å². The molecule has 1 aliphatic heterocycles. The van der Waals surface area contributed by atoms with Crippen molar-refractivity contribution >= 4 is 35.5 Å². The van der Waals surface area contributed by atoms with Gasteiger partial charge in [0.05, 0.1) is 11.1 Å². The van der Waals surface area contributed by atoms with Crippen LogP contribution in [0, 0.1) is 6.92 Å². The highest BCUT2D eigenvalue weighted by atomic mass is 35.5. The smallest absolute Gasteiger partial charge is 0.257 e. The molecule has 0 radical (unpaired) electrons. The number of piperazine rings is 1. The van der Waals surface area contributed by atoms with Crippen molar-refractivity contribution in [2.75, 3.05) is 31.5 Å². The summed E-state index contributed by atoms with van der Waals surface area (Å²) >= 11 is 6.08. The highest BCUT2D eigenvalue weighted by molar-refractivity contribution is 6.31. The molecule has 0 saturated carbocycles. The molecule has 0 aliphatic carbocycles. The van der Waals surface area contributed by atoms with E-state index in [4.69, 9.17) is 11.6 Å². The molecule has 0 spiro atoms. The van der Waals surface area contributed by atoms with Gasteiger partial charge in [0.25, 0.3) is 11.8 Å². The molecule has 27 heavy (non-hydrogen) atoms. The van der Waals surface area contributed by atoms with Crippen LogP contribution in [0.1, 0.15) is 26.3 Å². The predicted octanol–water partition coefficient (Wildman–Crippen LogP) is 2.21. The fourth-order valence-electron chi connectivity index (χ4n) is 2.77. The van der Waals surface area contributed by atoms with Crippen molar-refractivity contribution in [3.05, 3.63) is 58.4 Å². The first-order chi connectivity index (χ1) is 13.0. The van der Waals surface area contributed by atoms with Crippen LogP contribution in [0.15, 0.2) is 36.7 Å². The summed E-state index contributed by atoms with van der Waals surface area (Å²) in [5.41, 5.74) is 2.10. The molecule has 1 fully saturated rings. The van der Waals surface area contributed by atoms with Gasteiger partial charge in [-0.3, -0.25) is 19.4 Å². The van der Waals surface area contributed by atoms with Gasteiger partial charge in [-0.1, -0.05) is 17.7 Å². The zero-order valence-corrected chi connectivity index (χ0v) is 15.6. The number of amides is 3. The van der Waals surface area contributed by atoms with E-state index in [0.29, 0.717) is 42.5 Å². The van der Waals surface area contributed by atoms with E-state index in [0.717, 1.165) is 12.0 Å². The zero-order chi connectivity index (χ0) is 19.4. The topological polar surface area (TPSA) is 82.6 Å². The number of nitrogens with one attached hydrogen (secondary N) is 1. The molecule has 1 aromatic carbocycles. The van der Waals surface area contributed by atoms with Gasteiger partial charge in [0.1, 0.15) is 0 Å². The Morgan fingerprint density at radius 2 is 1.81 bits per heavy atom. The average molecular weight is 387 g/mol. The predicted molar refractivity (Wildman–Crippen MR) is 102 cm³/mol. The molecule has 0 unspecified atom stereocenters. The Morgan fingerprint density at radius 1 is 1.11 bits per heavy atom. The van der Waals surface area contributed by atoms with E-state index in [9.17, 15) is 14.4 Å². The van der Waals surface area contributed by atoms with Crippen LogP contribution < -0.4 is 5.32 Å². The van der Waals surface area contributed by atoms with Crippen molar-refractivity contribution in [3.8, 4) is 0 Å². The number of rotatable bonds is 4. The van der Waals surface area contributed by atoms with E-state index < -0.39 is 0 Å². The Labute approximate surface area is 161 Å². The third kappa shape index (κ3) is 4.43. The highest BCUT2D eigenvalue weighted by Crippen LogP contribution is 2.20. The molecule has 7 nitrogen and oxygen atoms in total. The Kier molecular flexibility index (Phi) is 5.71. The van der Waals surface area contributed by atoms with E-state index in [-0.39, 0.29) is 17.4 Å². The largest absolute Gasteiger partial charge is 0.342 e. The van der Waals surface area contributed by atoms with Crippen LogP contribution in [0.3, 0.4) is 0 Å². The number of anilines is 1. The number of nitrogens with zero attached hydrogens (tertiary/aromatic N) is 3. The molecular formula is C19H19ClN4O3. The molecule has 1 aromatic heterocycles. The highest BCUT2D eigenvalue weighted by Gasteiger charge is 2.22. The normalized spacial score (nSPS) is 14.0. The third-order valence-electron chi connectivity index (χ3n) is 4.43. The van der Waals surface area contributed by atoms with Crippen molar-refractivity contribution < 1.29 is 14.4 Å². The molecule has 1 N–H and O–H groups in total. The summed E-state index contributed by atoms with van der Waals surface area (Å²) < 4.78 is 0. The minimum atomic E-state index is -0.372. The van der Waals surface area contributed by atoms with Crippen molar-refractivity contribution in [1.29, 1.82) is 0 Å². The fraction of sp³-hybridized carbons (Fsp3) is 0.263. The van der Waals surface area contributed by atoms with Crippen LogP contribution in [0.4, 0.5) is 5.69 Å². The maximum atomic E-state index is 12.6. The molecular weight excluding hydrogens is 368 g/mol. The van der Waals surface area contributed by atoms with Crippen molar-refractivity contribution in [3.63, 3.8) is 0 Å². The van der Waals surface area contributed by atoms with Crippen LogP contribution in [0.25, 0.3) is 0 Å². The second kappa shape index (κ2) is 8.18.